The quantitative estimate of drug-likeness (QED) is 0.562. The van der Waals surface area contributed by atoms with Crippen LogP contribution in [-0.2, 0) is 6.42 Å². The van der Waals surface area contributed by atoms with Crippen LogP contribution in [-0.4, -0.2) is 16.5 Å². The SMILES string of the molecule is Cc1cc(Nc2ccc(F)c(F)c2F)nc(NCCc2ccc(Cl)cc2)n1. The predicted octanol–water partition coefficient (Wildman–Crippen LogP) is 5.25. The minimum Gasteiger partial charge on any atom is -0.354 e. The monoisotopic (exact) mass is 392 g/mol. The van der Waals surface area contributed by atoms with Crippen molar-refractivity contribution in [3.8, 4) is 0 Å². The molecule has 2 N–H and O–H groups in total. The first kappa shape index (κ1) is 19.0. The van der Waals surface area contributed by atoms with Crippen molar-refractivity contribution in [3.63, 3.8) is 0 Å². The standard InChI is InChI=1S/C19H16ClF3N4/c1-11-10-16(26-15-7-6-14(21)17(22)18(15)23)27-19(25-11)24-9-8-12-2-4-13(20)5-3-12/h2-7,10H,8-9H2,1H3,(H2,24,25,26,27). The van der Waals surface area contributed by atoms with E-state index in [1.807, 2.05) is 24.3 Å². The number of nitrogens with one attached hydrogen (secondary N) is 2. The molecule has 8 heteroatoms. The molecule has 1 heterocycles. The van der Waals surface area contributed by atoms with Gasteiger partial charge in [0.2, 0.25) is 5.95 Å². The largest absolute Gasteiger partial charge is 0.354 e. The van der Waals surface area contributed by atoms with Crippen molar-refractivity contribution >= 4 is 29.1 Å². The molecule has 0 bridgehead atoms. The first-order valence-electron chi connectivity index (χ1n) is 8.17. The maximum Gasteiger partial charge on any atom is 0.224 e. The summed E-state index contributed by atoms with van der Waals surface area (Å²) < 4.78 is 40.2. The highest BCUT2D eigenvalue weighted by molar-refractivity contribution is 6.30. The smallest absolute Gasteiger partial charge is 0.224 e. The summed E-state index contributed by atoms with van der Waals surface area (Å²) in [5.41, 5.74) is 1.52. The topological polar surface area (TPSA) is 49.8 Å². The van der Waals surface area contributed by atoms with Crippen LogP contribution in [0.1, 0.15) is 11.3 Å². The second kappa shape index (κ2) is 8.26. The number of hydrogen-bond acceptors (Lipinski definition) is 4. The number of hydrogen-bond donors (Lipinski definition) is 2. The van der Waals surface area contributed by atoms with Gasteiger partial charge in [0.15, 0.2) is 17.5 Å². The summed E-state index contributed by atoms with van der Waals surface area (Å²) in [7, 11) is 0. The molecule has 140 valence electrons. The second-order valence-corrected chi connectivity index (χ2v) is 6.31. The molecule has 4 nitrogen and oxygen atoms in total. The van der Waals surface area contributed by atoms with Crippen LogP contribution < -0.4 is 10.6 Å². The van der Waals surface area contributed by atoms with E-state index in [0.717, 1.165) is 24.1 Å². The average Bonchev–Trinajstić information content (AvgIpc) is 2.63. The number of aromatic nitrogens is 2. The number of benzene rings is 2. The summed E-state index contributed by atoms with van der Waals surface area (Å²) in [5.74, 6) is -3.48. The Bertz CT molecular complexity index is 948. The molecule has 1 aromatic heterocycles. The molecule has 27 heavy (non-hydrogen) atoms. The van der Waals surface area contributed by atoms with Gasteiger partial charge in [-0.1, -0.05) is 23.7 Å². The predicted molar refractivity (Wildman–Crippen MR) is 100 cm³/mol. The van der Waals surface area contributed by atoms with Gasteiger partial charge in [-0.3, -0.25) is 0 Å². The number of aryl methyl sites for hydroxylation is 1. The lowest BCUT2D eigenvalue weighted by Crippen LogP contribution is -2.10. The number of nitrogens with zero attached hydrogens (tertiary/aromatic N) is 2. The van der Waals surface area contributed by atoms with Gasteiger partial charge >= 0.3 is 0 Å². The summed E-state index contributed by atoms with van der Waals surface area (Å²) in [4.78, 5) is 8.49. The van der Waals surface area contributed by atoms with Crippen molar-refractivity contribution in [2.45, 2.75) is 13.3 Å². The molecule has 0 unspecified atom stereocenters. The van der Waals surface area contributed by atoms with Crippen molar-refractivity contribution in [2.24, 2.45) is 0 Å². The highest BCUT2D eigenvalue weighted by Gasteiger charge is 2.14. The molecule has 0 saturated carbocycles. The van der Waals surface area contributed by atoms with E-state index < -0.39 is 17.5 Å². The van der Waals surface area contributed by atoms with E-state index in [2.05, 4.69) is 20.6 Å². The van der Waals surface area contributed by atoms with Gasteiger partial charge in [-0.05, 0) is 43.2 Å². The highest BCUT2D eigenvalue weighted by atomic mass is 35.5. The fourth-order valence-corrected chi connectivity index (χ4v) is 2.57. The average molecular weight is 393 g/mol. The van der Waals surface area contributed by atoms with Gasteiger partial charge in [0.1, 0.15) is 5.82 Å². The third-order valence-electron chi connectivity index (χ3n) is 3.76. The molecule has 0 fully saturated rings. The van der Waals surface area contributed by atoms with Crippen LogP contribution in [0, 0.1) is 24.4 Å². The van der Waals surface area contributed by atoms with Gasteiger partial charge in [-0.25, -0.2) is 18.2 Å². The van der Waals surface area contributed by atoms with E-state index in [0.29, 0.717) is 23.2 Å². The van der Waals surface area contributed by atoms with E-state index in [1.165, 1.54) is 0 Å². The zero-order valence-corrected chi connectivity index (χ0v) is 15.1. The molecule has 0 radical (unpaired) electrons. The third kappa shape index (κ3) is 4.89. The Morgan fingerprint density at radius 1 is 0.963 bits per heavy atom. The summed E-state index contributed by atoms with van der Waals surface area (Å²) in [6.07, 6.45) is 0.731. The first-order chi connectivity index (χ1) is 12.9. The van der Waals surface area contributed by atoms with Crippen LogP contribution in [0.25, 0.3) is 0 Å². The molecule has 0 amide bonds. The molecular weight excluding hydrogens is 377 g/mol. The molecular formula is C19H16ClF3N4. The van der Waals surface area contributed by atoms with E-state index in [1.54, 1.807) is 13.0 Å². The lowest BCUT2D eigenvalue weighted by molar-refractivity contribution is 0.449. The number of rotatable bonds is 6. The van der Waals surface area contributed by atoms with Crippen LogP contribution in [0.5, 0.6) is 0 Å². The van der Waals surface area contributed by atoms with Gasteiger partial charge in [0.25, 0.3) is 0 Å². The van der Waals surface area contributed by atoms with Gasteiger partial charge in [0.05, 0.1) is 5.69 Å². The maximum absolute atomic E-state index is 13.8. The lowest BCUT2D eigenvalue weighted by atomic mass is 10.1. The summed E-state index contributed by atoms with van der Waals surface area (Å²) in [5, 5.41) is 6.41. The Kier molecular flexibility index (Phi) is 5.81. The summed E-state index contributed by atoms with van der Waals surface area (Å²) in [6.45, 7) is 2.32. The number of anilines is 3. The first-order valence-corrected chi connectivity index (χ1v) is 8.54. The fraction of sp³-hybridized carbons (Fsp3) is 0.158. The minimum absolute atomic E-state index is 0.209. The molecule has 0 aliphatic rings. The van der Waals surface area contributed by atoms with Crippen molar-refractivity contribution in [1.82, 2.24) is 9.97 Å². The Labute approximate surface area is 159 Å². The molecule has 2 aromatic carbocycles. The van der Waals surface area contributed by atoms with Gasteiger partial charge < -0.3 is 10.6 Å². The van der Waals surface area contributed by atoms with Crippen LogP contribution in [0.2, 0.25) is 5.02 Å². The molecule has 0 saturated heterocycles. The van der Waals surface area contributed by atoms with Crippen molar-refractivity contribution in [1.29, 1.82) is 0 Å². The van der Waals surface area contributed by atoms with Crippen LogP contribution in [0.3, 0.4) is 0 Å². The van der Waals surface area contributed by atoms with Crippen molar-refractivity contribution < 1.29 is 13.2 Å². The van der Waals surface area contributed by atoms with E-state index in [-0.39, 0.29) is 11.5 Å². The van der Waals surface area contributed by atoms with Crippen LogP contribution in [0.15, 0.2) is 42.5 Å². The Hall–Kier alpha value is -2.80. The Balaban J connectivity index is 1.69. The van der Waals surface area contributed by atoms with E-state index in [9.17, 15) is 13.2 Å². The maximum atomic E-state index is 13.8. The fourth-order valence-electron chi connectivity index (χ4n) is 2.44. The minimum atomic E-state index is -1.54. The third-order valence-corrected chi connectivity index (χ3v) is 4.01. The Morgan fingerprint density at radius 3 is 2.44 bits per heavy atom. The van der Waals surface area contributed by atoms with Gasteiger partial charge in [0, 0.05) is 23.3 Å². The summed E-state index contributed by atoms with van der Waals surface area (Å²) >= 11 is 5.86. The molecule has 0 spiro atoms. The van der Waals surface area contributed by atoms with Crippen LogP contribution >= 0.6 is 11.6 Å². The molecule has 3 aromatic rings. The van der Waals surface area contributed by atoms with E-state index >= 15 is 0 Å². The molecule has 0 aliphatic heterocycles. The second-order valence-electron chi connectivity index (χ2n) is 5.87. The molecule has 3 rings (SSSR count). The normalized spacial score (nSPS) is 10.7. The van der Waals surface area contributed by atoms with E-state index in [4.69, 9.17) is 11.6 Å². The van der Waals surface area contributed by atoms with Gasteiger partial charge in [-0.2, -0.15) is 4.98 Å². The molecule has 0 aliphatic carbocycles. The van der Waals surface area contributed by atoms with Gasteiger partial charge in [-0.15, -0.1) is 0 Å². The Morgan fingerprint density at radius 2 is 1.70 bits per heavy atom. The molecule has 0 atom stereocenters. The number of halogens is 4. The lowest BCUT2D eigenvalue weighted by Gasteiger charge is -2.11. The van der Waals surface area contributed by atoms with Crippen molar-refractivity contribution in [3.05, 3.63) is 76.2 Å². The summed E-state index contributed by atoms with van der Waals surface area (Å²) in [6, 6.07) is 11.0. The van der Waals surface area contributed by atoms with Crippen LogP contribution in [0.4, 0.5) is 30.6 Å². The zero-order valence-electron chi connectivity index (χ0n) is 14.4. The highest BCUT2D eigenvalue weighted by Crippen LogP contribution is 2.23. The zero-order chi connectivity index (χ0) is 19.4. The van der Waals surface area contributed by atoms with Crippen molar-refractivity contribution in [2.75, 3.05) is 17.2 Å².